The lowest BCUT2D eigenvalue weighted by atomic mass is 10.0. The largest absolute Gasteiger partial charge is 0.462 e. The first-order chi connectivity index (χ1) is 30.5. The van der Waals surface area contributed by atoms with E-state index in [1.165, 1.54) is 199 Å². The summed E-state index contributed by atoms with van der Waals surface area (Å²) >= 11 is 0. The number of allylic oxidation sites excluding steroid dienone is 2. The first-order valence-corrected chi connectivity index (χ1v) is 27.9. The van der Waals surface area contributed by atoms with Crippen molar-refractivity contribution >= 4 is 11.9 Å². The first-order valence-electron chi connectivity index (χ1n) is 27.9. The third-order valence-electron chi connectivity index (χ3n) is 13.1. The molecular formula is C56H109NO5. The first kappa shape index (κ1) is 60.6. The van der Waals surface area contributed by atoms with Crippen molar-refractivity contribution in [1.82, 2.24) is 5.32 Å². The van der Waals surface area contributed by atoms with Gasteiger partial charge in [-0.05, 0) is 44.9 Å². The average Bonchev–Trinajstić information content (AvgIpc) is 3.26. The van der Waals surface area contributed by atoms with Crippen LogP contribution in [0.3, 0.4) is 0 Å². The van der Waals surface area contributed by atoms with Crippen LogP contribution in [0.1, 0.15) is 310 Å². The normalized spacial score (nSPS) is 13.2. The molecule has 0 aliphatic heterocycles. The van der Waals surface area contributed by atoms with Crippen molar-refractivity contribution in [3.8, 4) is 0 Å². The predicted octanol–water partition coefficient (Wildman–Crippen LogP) is 16.9. The third kappa shape index (κ3) is 45.2. The molecule has 3 atom stereocenters. The number of carbonyl (C=O) groups excluding carboxylic acids is 2. The van der Waals surface area contributed by atoms with Crippen molar-refractivity contribution in [2.75, 3.05) is 6.61 Å². The van der Waals surface area contributed by atoms with Gasteiger partial charge < -0.3 is 20.3 Å². The third-order valence-corrected chi connectivity index (χ3v) is 13.1. The van der Waals surface area contributed by atoms with Crippen molar-refractivity contribution in [2.24, 2.45) is 0 Å². The van der Waals surface area contributed by atoms with Crippen molar-refractivity contribution in [1.29, 1.82) is 0 Å². The molecule has 0 bridgehead atoms. The van der Waals surface area contributed by atoms with Gasteiger partial charge in [-0.2, -0.15) is 0 Å². The minimum absolute atomic E-state index is 0.0735. The molecule has 6 heteroatoms. The molecular weight excluding hydrogens is 767 g/mol. The Bertz CT molecular complexity index is 939. The fraction of sp³-hybridized carbons (Fsp3) is 0.929. The van der Waals surface area contributed by atoms with E-state index in [1.54, 1.807) is 0 Å². The maximum atomic E-state index is 13.2. The predicted molar refractivity (Wildman–Crippen MR) is 269 cm³/mol. The summed E-state index contributed by atoms with van der Waals surface area (Å²) in [4.78, 5) is 26.1. The van der Waals surface area contributed by atoms with Crippen LogP contribution in [0.25, 0.3) is 0 Å². The molecule has 0 radical (unpaired) electrons. The minimum Gasteiger partial charge on any atom is -0.462 e. The van der Waals surface area contributed by atoms with E-state index in [0.29, 0.717) is 19.3 Å². The summed E-state index contributed by atoms with van der Waals surface area (Å²) in [6.07, 6.45) is 57.2. The number of esters is 1. The van der Waals surface area contributed by atoms with Gasteiger partial charge >= 0.3 is 5.97 Å². The Balaban J connectivity index is 4.35. The highest BCUT2D eigenvalue weighted by Crippen LogP contribution is 2.19. The van der Waals surface area contributed by atoms with E-state index in [4.69, 9.17) is 4.74 Å². The zero-order chi connectivity index (χ0) is 45.2. The summed E-state index contributed by atoms with van der Waals surface area (Å²) in [5, 5.41) is 23.8. The number of carbonyl (C=O) groups is 2. The van der Waals surface area contributed by atoms with E-state index in [1.807, 2.05) is 0 Å². The van der Waals surface area contributed by atoms with Crippen LogP contribution in [0, 0.1) is 0 Å². The van der Waals surface area contributed by atoms with Gasteiger partial charge in [0.2, 0.25) is 5.91 Å². The zero-order valence-electron chi connectivity index (χ0n) is 42.0. The van der Waals surface area contributed by atoms with E-state index >= 15 is 0 Å². The molecule has 0 fully saturated rings. The maximum Gasteiger partial charge on any atom is 0.306 e. The highest BCUT2D eigenvalue weighted by atomic mass is 16.5. The molecule has 3 N–H and O–H groups in total. The summed E-state index contributed by atoms with van der Waals surface area (Å²) in [6.45, 7) is 6.47. The Hall–Kier alpha value is -1.40. The van der Waals surface area contributed by atoms with Gasteiger partial charge in [0.25, 0.3) is 0 Å². The molecule has 0 spiro atoms. The average molecular weight is 876 g/mol. The summed E-state index contributed by atoms with van der Waals surface area (Å²) in [5.74, 6) is -0.472. The molecule has 0 heterocycles. The van der Waals surface area contributed by atoms with Crippen LogP contribution in [0.2, 0.25) is 0 Å². The number of rotatable bonds is 51. The quantitative estimate of drug-likeness (QED) is 0.0321. The number of ether oxygens (including phenoxy) is 1. The number of aliphatic hydroxyl groups excluding tert-OH is 2. The van der Waals surface area contributed by atoms with Gasteiger partial charge in [-0.3, -0.25) is 9.59 Å². The number of hydrogen-bond acceptors (Lipinski definition) is 5. The lowest BCUT2D eigenvalue weighted by molar-refractivity contribution is -0.151. The maximum absolute atomic E-state index is 13.2. The van der Waals surface area contributed by atoms with Crippen LogP contribution in [0.5, 0.6) is 0 Å². The topological polar surface area (TPSA) is 95.9 Å². The van der Waals surface area contributed by atoms with Crippen LogP contribution in [-0.2, 0) is 14.3 Å². The van der Waals surface area contributed by atoms with Gasteiger partial charge in [0.05, 0.1) is 25.2 Å². The van der Waals surface area contributed by atoms with Crippen LogP contribution in [0.4, 0.5) is 0 Å². The summed E-state index contributed by atoms with van der Waals surface area (Å²) in [6, 6.07) is -0.700. The van der Waals surface area contributed by atoms with E-state index in [2.05, 4.69) is 38.2 Å². The van der Waals surface area contributed by atoms with Gasteiger partial charge in [0.15, 0.2) is 0 Å². The number of nitrogens with one attached hydrogen (secondary N) is 1. The summed E-state index contributed by atoms with van der Waals surface area (Å²) in [5.41, 5.74) is 0. The standard InChI is InChI=1S/C56H109NO5/c1-4-7-10-13-16-19-21-23-25-27-29-31-33-36-39-42-45-48-54(59)53(51-58)57-55(60)50-52(47-44-41-38-35-18-15-12-9-6-3)62-56(61)49-46-43-40-37-34-32-30-28-26-24-22-20-17-14-11-8-5-2/h15,18,52-54,58-59H,4-14,16-17,19-51H2,1-3H3,(H,57,60)/b18-15-. The second-order valence-electron chi connectivity index (χ2n) is 19.3. The lowest BCUT2D eigenvalue weighted by Crippen LogP contribution is -2.46. The van der Waals surface area contributed by atoms with Crippen LogP contribution >= 0.6 is 0 Å². The molecule has 0 rings (SSSR count). The highest BCUT2D eigenvalue weighted by molar-refractivity contribution is 5.77. The molecule has 3 unspecified atom stereocenters. The molecule has 368 valence electrons. The Morgan fingerprint density at radius 2 is 0.790 bits per heavy atom. The Morgan fingerprint density at radius 1 is 0.452 bits per heavy atom. The second-order valence-corrected chi connectivity index (χ2v) is 19.3. The van der Waals surface area contributed by atoms with E-state index in [-0.39, 0.29) is 24.9 Å². The molecule has 1 amide bonds. The molecule has 0 aromatic heterocycles. The zero-order valence-corrected chi connectivity index (χ0v) is 42.0. The van der Waals surface area contributed by atoms with E-state index < -0.39 is 18.2 Å². The van der Waals surface area contributed by atoms with Crippen LogP contribution in [0.15, 0.2) is 12.2 Å². The minimum atomic E-state index is -0.786. The van der Waals surface area contributed by atoms with Gasteiger partial charge in [-0.25, -0.2) is 0 Å². The number of amides is 1. The summed E-state index contributed by atoms with van der Waals surface area (Å²) in [7, 11) is 0. The van der Waals surface area contributed by atoms with Crippen molar-refractivity contribution in [2.45, 2.75) is 328 Å². The lowest BCUT2D eigenvalue weighted by Gasteiger charge is -2.24. The second kappa shape index (κ2) is 50.6. The molecule has 0 aromatic carbocycles. The number of hydrogen-bond donors (Lipinski definition) is 3. The number of unbranched alkanes of at least 4 members (excludes halogenated alkanes) is 37. The molecule has 0 aromatic rings. The molecule has 0 aliphatic carbocycles. The smallest absolute Gasteiger partial charge is 0.306 e. The van der Waals surface area contributed by atoms with Gasteiger partial charge in [0, 0.05) is 6.42 Å². The molecule has 62 heavy (non-hydrogen) atoms. The Labute approximate surface area is 387 Å². The Morgan fingerprint density at radius 3 is 1.19 bits per heavy atom. The van der Waals surface area contributed by atoms with E-state index in [0.717, 1.165) is 64.2 Å². The van der Waals surface area contributed by atoms with Crippen LogP contribution < -0.4 is 5.32 Å². The monoisotopic (exact) mass is 876 g/mol. The van der Waals surface area contributed by atoms with Gasteiger partial charge in [-0.15, -0.1) is 0 Å². The molecule has 0 saturated heterocycles. The van der Waals surface area contributed by atoms with Crippen molar-refractivity contribution in [3.63, 3.8) is 0 Å². The molecule has 0 saturated carbocycles. The molecule has 6 nitrogen and oxygen atoms in total. The SMILES string of the molecule is CCCC/C=C\CCCCCC(CC(=O)NC(CO)C(O)CCCCCCCCCCCCCCCCCCC)OC(=O)CCCCCCCCCCCCCCCCCCC. The van der Waals surface area contributed by atoms with Gasteiger partial charge in [0.1, 0.15) is 6.10 Å². The van der Waals surface area contributed by atoms with Crippen LogP contribution in [-0.4, -0.2) is 46.9 Å². The van der Waals surface area contributed by atoms with Crippen molar-refractivity contribution < 1.29 is 24.5 Å². The summed E-state index contributed by atoms with van der Waals surface area (Å²) < 4.78 is 5.93. The highest BCUT2D eigenvalue weighted by Gasteiger charge is 2.24. The van der Waals surface area contributed by atoms with Gasteiger partial charge in [-0.1, -0.05) is 264 Å². The fourth-order valence-electron chi connectivity index (χ4n) is 8.83. The molecule has 0 aliphatic rings. The number of aliphatic hydroxyl groups is 2. The Kier molecular flexibility index (Phi) is 49.5. The van der Waals surface area contributed by atoms with E-state index in [9.17, 15) is 19.8 Å². The fourth-order valence-corrected chi connectivity index (χ4v) is 8.83. The van der Waals surface area contributed by atoms with Crippen molar-refractivity contribution in [3.05, 3.63) is 12.2 Å².